The minimum atomic E-state index is -0.207. The van der Waals surface area contributed by atoms with Gasteiger partial charge in [-0.15, -0.1) is 0 Å². The Morgan fingerprint density at radius 2 is 1.80 bits per heavy atom. The van der Waals surface area contributed by atoms with E-state index in [1.807, 2.05) is 0 Å². The fourth-order valence-electron chi connectivity index (χ4n) is 4.86. The molecule has 2 aliphatic heterocycles. The number of piperidine rings is 1. The summed E-state index contributed by atoms with van der Waals surface area (Å²) >= 11 is 0. The standard InChI is InChI=1S/C15H22N2O3/c16-12-9-3-6-20-14(9)13(12)17-10(18)7-15(8-11(17)19)4-1-2-5-15/h9,12-14H,1-8,16H2. The Hall–Kier alpha value is -0.940. The van der Waals surface area contributed by atoms with E-state index in [2.05, 4.69) is 0 Å². The fourth-order valence-corrected chi connectivity index (χ4v) is 4.86. The van der Waals surface area contributed by atoms with Gasteiger partial charge in [-0.1, -0.05) is 12.8 Å². The van der Waals surface area contributed by atoms with Gasteiger partial charge >= 0.3 is 0 Å². The van der Waals surface area contributed by atoms with Gasteiger partial charge in [-0.05, 0) is 24.7 Å². The fraction of sp³-hybridized carbons (Fsp3) is 0.867. The summed E-state index contributed by atoms with van der Waals surface area (Å²) in [6.07, 6.45) is 6.36. The van der Waals surface area contributed by atoms with E-state index in [1.54, 1.807) is 0 Å². The van der Waals surface area contributed by atoms with Crippen molar-refractivity contribution < 1.29 is 14.3 Å². The van der Waals surface area contributed by atoms with Gasteiger partial charge in [0.1, 0.15) is 0 Å². The smallest absolute Gasteiger partial charge is 0.230 e. The molecule has 110 valence electrons. The molecule has 4 unspecified atom stereocenters. The van der Waals surface area contributed by atoms with Crippen LogP contribution >= 0.6 is 0 Å². The van der Waals surface area contributed by atoms with Crippen LogP contribution in [0.25, 0.3) is 0 Å². The number of ether oxygens (including phenoxy) is 1. The Bertz CT molecular complexity index is 438. The Kier molecular flexibility index (Phi) is 2.73. The van der Waals surface area contributed by atoms with Gasteiger partial charge in [0.15, 0.2) is 0 Å². The van der Waals surface area contributed by atoms with Crippen LogP contribution in [0.4, 0.5) is 0 Å². The predicted octanol–water partition coefficient (Wildman–Crippen LogP) is 0.810. The first-order valence-corrected chi connectivity index (χ1v) is 7.83. The molecule has 0 aromatic heterocycles. The van der Waals surface area contributed by atoms with E-state index in [-0.39, 0.29) is 35.4 Å². The zero-order valence-electron chi connectivity index (χ0n) is 11.7. The maximum Gasteiger partial charge on any atom is 0.230 e. The highest BCUT2D eigenvalue weighted by atomic mass is 16.5. The molecule has 0 radical (unpaired) electrons. The molecule has 20 heavy (non-hydrogen) atoms. The third-order valence-corrected chi connectivity index (χ3v) is 5.96. The average molecular weight is 278 g/mol. The summed E-state index contributed by atoms with van der Waals surface area (Å²) in [5, 5.41) is 0. The van der Waals surface area contributed by atoms with E-state index >= 15 is 0 Å². The lowest BCUT2D eigenvalue weighted by molar-refractivity contribution is -0.168. The molecule has 4 aliphatic rings. The van der Waals surface area contributed by atoms with E-state index in [9.17, 15) is 9.59 Å². The van der Waals surface area contributed by atoms with Gasteiger partial charge in [0.2, 0.25) is 11.8 Å². The van der Waals surface area contributed by atoms with Crippen LogP contribution in [0.3, 0.4) is 0 Å². The number of fused-ring (bicyclic) bond motifs is 1. The zero-order valence-corrected chi connectivity index (χ0v) is 11.7. The first kappa shape index (κ1) is 12.8. The quantitative estimate of drug-likeness (QED) is 0.720. The van der Waals surface area contributed by atoms with Crippen LogP contribution in [0.15, 0.2) is 0 Å². The van der Waals surface area contributed by atoms with Crippen LogP contribution in [0.2, 0.25) is 0 Å². The zero-order chi connectivity index (χ0) is 13.9. The van der Waals surface area contributed by atoms with Crippen molar-refractivity contribution in [3.63, 3.8) is 0 Å². The van der Waals surface area contributed by atoms with Crippen molar-refractivity contribution in [2.75, 3.05) is 6.61 Å². The summed E-state index contributed by atoms with van der Waals surface area (Å²) in [5.41, 5.74) is 6.15. The van der Waals surface area contributed by atoms with Crippen molar-refractivity contribution in [3.8, 4) is 0 Å². The molecule has 1 spiro atoms. The number of nitrogens with zero attached hydrogens (tertiary/aromatic N) is 1. The van der Waals surface area contributed by atoms with Crippen molar-refractivity contribution in [3.05, 3.63) is 0 Å². The van der Waals surface area contributed by atoms with Crippen molar-refractivity contribution >= 4 is 11.8 Å². The van der Waals surface area contributed by atoms with Crippen LogP contribution < -0.4 is 5.73 Å². The largest absolute Gasteiger partial charge is 0.376 e. The molecule has 4 fully saturated rings. The molecule has 5 heteroatoms. The Balaban J connectivity index is 1.55. The number of hydrogen-bond donors (Lipinski definition) is 1. The molecule has 2 saturated carbocycles. The number of hydrogen-bond acceptors (Lipinski definition) is 4. The first-order valence-electron chi connectivity index (χ1n) is 7.83. The van der Waals surface area contributed by atoms with Crippen molar-refractivity contribution in [1.82, 2.24) is 4.90 Å². The highest BCUT2D eigenvalue weighted by Crippen LogP contribution is 2.49. The Labute approximate surface area is 118 Å². The summed E-state index contributed by atoms with van der Waals surface area (Å²) in [6.45, 7) is 0.708. The van der Waals surface area contributed by atoms with Gasteiger partial charge in [-0.2, -0.15) is 0 Å². The van der Waals surface area contributed by atoms with Gasteiger partial charge in [-0.25, -0.2) is 0 Å². The molecule has 2 N–H and O–H groups in total. The monoisotopic (exact) mass is 278 g/mol. The molecular formula is C15H22N2O3. The van der Waals surface area contributed by atoms with Crippen molar-refractivity contribution in [2.45, 2.75) is 63.1 Å². The summed E-state index contributed by atoms with van der Waals surface area (Å²) in [4.78, 5) is 26.5. The Morgan fingerprint density at radius 3 is 2.45 bits per heavy atom. The summed E-state index contributed by atoms with van der Waals surface area (Å²) < 4.78 is 5.68. The number of likely N-dealkylation sites (tertiary alicyclic amines) is 1. The molecule has 2 aliphatic carbocycles. The van der Waals surface area contributed by atoms with Crippen LogP contribution in [0.1, 0.15) is 44.9 Å². The van der Waals surface area contributed by atoms with Gasteiger partial charge < -0.3 is 10.5 Å². The molecule has 4 atom stereocenters. The third kappa shape index (κ3) is 1.62. The van der Waals surface area contributed by atoms with Crippen LogP contribution in [-0.4, -0.2) is 41.5 Å². The predicted molar refractivity (Wildman–Crippen MR) is 71.6 cm³/mol. The highest BCUT2D eigenvalue weighted by Gasteiger charge is 2.59. The lowest BCUT2D eigenvalue weighted by atomic mass is 9.69. The summed E-state index contributed by atoms with van der Waals surface area (Å²) in [5.74, 6) is 0.304. The molecule has 4 rings (SSSR count). The number of imide groups is 1. The molecular weight excluding hydrogens is 256 g/mol. The van der Waals surface area contributed by atoms with E-state index in [1.165, 1.54) is 4.90 Å². The normalized spacial score (nSPS) is 43.0. The molecule has 2 heterocycles. The van der Waals surface area contributed by atoms with Crippen LogP contribution in [-0.2, 0) is 14.3 Å². The summed E-state index contributed by atoms with van der Waals surface area (Å²) in [6, 6.07) is -0.297. The van der Waals surface area contributed by atoms with E-state index in [0.29, 0.717) is 25.4 Å². The topological polar surface area (TPSA) is 72.6 Å². The number of carbonyl (C=O) groups excluding carboxylic acids is 2. The minimum absolute atomic E-state index is 0.00414. The van der Waals surface area contributed by atoms with Crippen LogP contribution in [0, 0.1) is 11.3 Å². The third-order valence-electron chi connectivity index (χ3n) is 5.96. The maximum absolute atomic E-state index is 12.5. The minimum Gasteiger partial charge on any atom is -0.376 e. The molecule has 2 amide bonds. The maximum atomic E-state index is 12.5. The number of carbonyl (C=O) groups is 2. The van der Waals surface area contributed by atoms with E-state index in [4.69, 9.17) is 10.5 Å². The van der Waals surface area contributed by atoms with Gasteiger partial charge in [-0.3, -0.25) is 14.5 Å². The highest BCUT2D eigenvalue weighted by molar-refractivity contribution is 5.99. The number of nitrogens with two attached hydrogens (primary N) is 1. The second-order valence-corrected chi connectivity index (χ2v) is 7.07. The molecule has 5 nitrogen and oxygen atoms in total. The van der Waals surface area contributed by atoms with Gasteiger partial charge in [0.05, 0.1) is 12.1 Å². The Morgan fingerprint density at radius 1 is 1.15 bits per heavy atom. The molecule has 0 bridgehead atoms. The molecule has 0 aromatic carbocycles. The lowest BCUT2D eigenvalue weighted by Gasteiger charge is -2.52. The van der Waals surface area contributed by atoms with E-state index in [0.717, 1.165) is 32.1 Å². The van der Waals surface area contributed by atoms with Crippen molar-refractivity contribution in [2.24, 2.45) is 17.1 Å². The average Bonchev–Trinajstić information content (AvgIpc) is 3.01. The SMILES string of the molecule is NC1C2CCOC2C1N1C(=O)CC2(CCCC2)CC1=O. The molecule has 2 saturated heterocycles. The second-order valence-electron chi connectivity index (χ2n) is 7.07. The summed E-state index contributed by atoms with van der Waals surface area (Å²) in [7, 11) is 0. The van der Waals surface area contributed by atoms with E-state index < -0.39 is 0 Å². The number of rotatable bonds is 1. The van der Waals surface area contributed by atoms with Crippen LogP contribution in [0.5, 0.6) is 0 Å². The molecule has 0 aromatic rings. The van der Waals surface area contributed by atoms with Gasteiger partial charge in [0.25, 0.3) is 0 Å². The lowest BCUT2D eigenvalue weighted by Crippen LogP contribution is -2.72. The second kappa shape index (κ2) is 4.28. The van der Waals surface area contributed by atoms with Gasteiger partial charge in [0, 0.05) is 31.4 Å². The first-order chi connectivity index (χ1) is 9.61. The van der Waals surface area contributed by atoms with Crippen molar-refractivity contribution in [1.29, 1.82) is 0 Å². The number of amides is 2.